The maximum absolute atomic E-state index is 12.9. The molecule has 1 aliphatic heterocycles. The fourth-order valence-electron chi connectivity index (χ4n) is 1.69. The van der Waals surface area contributed by atoms with Crippen molar-refractivity contribution < 1.29 is 18.7 Å². The zero-order valence-electron chi connectivity index (χ0n) is 9.32. The number of halogens is 1. The van der Waals surface area contributed by atoms with Crippen LogP contribution in [0.2, 0.25) is 0 Å². The molecule has 5 heteroatoms. The second kappa shape index (κ2) is 5.14. The number of esters is 1. The van der Waals surface area contributed by atoms with E-state index in [-0.39, 0.29) is 17.4 Å². The highest BCUT2D eigenvalue weighted by molar-refractivity contribution is 5.90. The molecule has 1 atom stereocenters. The lowest BCUT2D eigenvalue weighted by atomic mass is 10.1. The van der Waals surface area contributed by atoms with Crippen molar-refractivity contribution in [2.75, 3.05) is 18.9 Å². The molecule has 17 heavy (non-hydrogen) atoms. The minimum atomic E-state index is -0.539. The average molecular weight is 239 g/mol. The zero-order chi connectivity index (χ0) is 12.3. The fourth-order valence-corrected chi connectivity index (χ4v) is 1.69. The number of nitrogen functional groups attached to an aromatic ring is 1. The lowest BCUT2D eigenvalue weighted by molar-refractivity contribution is -0.0305. The predicted octanol–water partition coefficient (Wildman–Crippen LogP) is 1.74. The number of anilines is 1. The second-order valence-corrected chi connectivity index (χ2v) is 3.98. The summed E-state index contributed by atoms with van der Waals surface area (Å²) in [6.07, 6.45) is 1.45. The van der Waals surface area contributed by atoms with Crippen LogP contribution in [0.15, 0.2) is 18.2 Å². The van der Waals surface area contributed by atoms with E-state index in [9.17, 15) is 9.18 Å². The predicted molar refractivity (Wildman–Crippen MR) is 60.1 cm³/mol. The highest BCUT2D eigenvalue weighted by atomic mass is 19.1. The summed E-state index contributed by atoms with van der Waals surface area (Å²) in [5.41, 5.74) is 5.59. The third-order valence-electron chi connectivity index (χ3n) is 2.62. The Labute approximate surface area is 98.5 Å². The van der Waals surface area contributed by atoms with Gasteiger partial charge in [0, 0.05) is 6.61 Å². The maximum Gasteiger partial charge on any atom is 0.338 e. The van der Waals surface area contributed by atoms with Gasteiger partial charge in [-0.3, -0.25) is 0 Å². The number of rotatable bonds is 2. The Morgan fingerprint density at radius 2 is 2.35 bits per heavy atom. The van der Waals surface area contributed by atoms with E-state index in [2.05, 4.69) is 0 Å². The van der Waals surface area contributed by atoms with Gasteiger partial charge in [-0.05, 0) is 31.0 Å². The number of ether oxygens (including phenoxy) is 2. The van der Waals surface area contributed by atoms with Gasteiger partial charge in [-0.25, -0.2) is 9.18 Å². The van der Waals surface area contributed by atoms with E-state index in [1.807, 2.05) is 0 Å². The summed E-state index contributed by atoms with van der Waals surface area (Å²) in [5, 5.41) is 0. The largest absolute Gasteiger partial charge is 0.456 e. The summed E-state index contributed by atoms with van der Waals surface area (Å²) in [6.45, 7) is 1.12. The standard InChI is InChI=1S/C12H14FNO3/c13-10-4-3-8(6-11(10)14)12(15)17-9-2-1-5-16-7-9/h3-4,6,9H,1-2,5,7,14H2. The molecule has 0 bridgehead atoms. The van der Waals surface area contributed by atoms with Crippen molar-refractivity contribution >= 4 is 11.7 Å². The molecule has 2 N–H and O–H groups in total. The number of hydrogen-bond donors (Lipinski definition) is 1. The number of nitrogens with two attached hydrogens (primary N) is 1. The number of hydrogen-bond acceptors (Lipinski definition) is 4. The highest BCUT2D eigenvalue weighted by Gasteiger charge is 2.19. The number of benzene rings is 1. The third-order valence-corrected chi connectivity index (χ3v) is 2.62. The van der Waals surface area contributed by atoms with Crippen molar-refractivity contribution in [3.8, 4) is 0 Å². The van der Waals surface area contributed by atoms with Crippen LogP contribution in [-0.2, 0) is 9.47 Å². The maximum atomic E-state index is 12.9. The summed E-state index contributed by atoms with van der Waals surface area (Å²) in [6, 6.07) is 3.79. The van der Waals surface area contributed by atoms with Crippen molar-refractivity contribution in [3.63, 3.8) is 0 Å². The number of carbonyl (C=O) groups is 1. The Morgan fingerprint density at radius 3 is 3.00 bits per heavy atom. The minimum absolute atomic E-state index is 0.0562. The van der Waals surface area contributed by atoms with Crippen molar-refractivity contribution in [3.05, 3.63) is 29.6 Å². The van der Waals surface area contributed by atoms with Gasteiger partial charge in [0.2, 0.25) is 0 Å². The molecular weight excluding hydrogens is 225 g/mol. The lowest BCUT2D eigenvalue weighted by Crippen LogP contribution is -2.28. The van der Waals surface area contributed by atoms with Crippen LogP contribution in [0, 0.1) is 5.82 Å². The van der Waals surface area contributed by atoms with Crippen molar-refractivity contribution in [1.29, 1.82) is 0 Å². The van der Waals surface area contributed by atoms with Crippen LogP contribution >= 0.6 is 0 Å². The van der Waals surface area contributed by atoms with Crippen molar-refractivity contribution in [2.24, 2.45) is 0 Å². The third kappa shape index (κ3) is 2.94. The summed E-state index contributed by atoms with van der Waals surface area (Å²) in [5.74, 6) is -1.03. The van der Waals surface area contributed by atoms with Crippen LogP contribution in [0.25, 0.3) is 0 Å². The molecule has 0 aliphatic carbocycles. The SMILES string of the molecule is Nc1cc(C(=O)OC2CCCOC2)ccc1F. The fraction of sp³-hybridized carbons (Fsp3) is 0.417. The Balaban J connectivity index is 2.01. The first-order valence-corrected chi connectivity index (χ1v) is 5.50. The Kier molecular flexibility index (Phi) is 3.58. The smallest absolute Gasteiger partial charge is 0.338 e. The molecule has 4 nitrogen and oxygen atoms in total. The number of carbonyl (C=O) groups excluding carboxylic acids is 1. The highest BCUT2D eigenvalue weighted by Crippen LogP contribution is 2.16. The quantitative estimate of drug-likeness (QED) is 0.630. The second-order valence-electron chi connectivity index (χ2n) is 3.98. The normalized spacial score (nSPS) is 19.9. The summed E-state index contributed by atoms with van der Waals surface area (Å²) in [4.78, 5) is 11.7. The molecule has 1 fully saturated rings. The topological polar surface area (TPSA) is 61.6 Å². The van der Waals surface area contributed by atoms with Crippen molar-refractivity contribution in [2.45, 2.75) is 18.9 Å². The average Bonchev–Trinajstić information content (AvgIpc) is 2.34. The zero-order valence-corrected chi connectivity index (χ0v) is 9.32. The van der Waals surface area contributed by atoms with Gasteiger partial charge in [0.25, 0.3) is 0 Å². The first-order chi connectivity index (χ1) is 8.16. The molecule has 0 aromatic heterocycles. The van der Waals surface area contributed by atoms with Gasteiger partial charge in [-0.2, -0.15) is 0 Å². The molecule has 1 aliphatic rings. The first kappa shape index (κ1) is 11.9. The van der Waals surface area contributed by atoms with Gasteiger partial charge in [0.1, 0.15) is 11.9 Å². The molecule has 0 radical (unpaired) electrons. The summed E-state index contributed by atoms with van der Waals surface area (Å²) >= 11 is 0. The van der Waals surface area contributed by atoms with Crippen LogP contribution in [0.4, 0.5) is 10.1 Å². The van der Waals surface area contributed by atoms with E-state index < -0.39 is 11.8 Å². The van der Waals surface area contributed by atoms with Crippen LogP contribution < -0.4 is 5.73 Å². The molecule has 1 heterocycles. The molecule has 1 aromatic rings. The van der Waals surface area contributed by atoms with E-state index in [1.165, 1.54) is 12.1 Å². The lowest BCUT2D eigenvalue weighted by Gasteiger charge is -2.22. The molecule has 1 saturated heterocycles. The van der Waals surface area contributed by atoms with Crippen LogP contribution in [0.1, 0.15) is 23.2 Å². The van der Waals surface area contributed by atoms with Gasteiger partial charge < -0.3 is 15.2 Å². The molecule has 2 rings (SSSR count). The molecular formula is C12H14FNO3. The Morgan fingerprint density at radius 1 is 1.53 bits per heavy atom. The Bertz CT molecular complexity index is 416. The van der Waals surface area contributed by atoms with Gasteiger partial charge >= 0.3 is 5.97 Å². The Hall–Kier alpha value is -1.62. The van der Waals surface area contributed by atoms with E-state index in [4.69, 9.17) is 15.2 Å². The van der Waals surface area contributed by atoms with Gasteiger partial charge in [0.05, 0.1) is 17.9 Å². The van der Waals surface area contributed by atoms with E-state index >= 15 is 0 Å². The minimum Gasteiger partial charge on any atom is -0.456 e. The van der Waals surface area contributed by atoms with E-state index in [0.29, 0.717) is 13.2 Å². The molecule has 0 amide bonds. The molecule has 0 saturated carbocycles. The van der Waals surface area contributed by atoms with Crippen LogP contribution in [0.3, 0.4) is 0 Å². The van der Waals surface area contributed by atoms with Gasteiger partial charge in [0.15, 0.2) is 0 Å². The monoisotopic (exact) mass is 239 g/mol. The summed E-state index contributed by atoms with van der Waals surface area (Å²) in [7, 11) is 0. The van der Waals surface area contributed by atoms with E-state index in [1.54, 1.807) is 0 Å². The van der Waals surface area contributed by atoms with Gasteiger partial charge in [-0.15, -0.1) is 0 Å². The summed E-state index contributed by atoms with van der Waals surface area (Å²) < 4.78 is 23.4. The van der Waals surface area contributed by atoms with Gasteiger partial charge in [-0.1, -0.05) is 0 Å². The molecule has 0 spiro atoms. The van der Waals surface area contributed by atoms with Crippen molar-refractivity contribution in [1.82, 2.24) is 0 Å². The molecule has 1 aromatic carbocycles. The molecule has 92 valence electrons. The first-order valence-electron chi connectivity index (χ1n) is 5.50. The molecule has 1 unspecified atom stereocenters. The van der Waals surface area contributed by atoms with Crippen LogP contribution in [0.5, 0.6) is 0 Å². The van der Waals surface area contributed by atoms with E-state index in [0.717, 1.165) is 18.9 Å². The van der Waals surface area contributed by atoms with Crippen LogP contribution in [-0.4, -0.2) is 25.3 Å².